The van der Waals surface area contributed by atoms with Crippen molar-refractivity contribution in [3.63, 3.8) is 0 Å². The van der Waals surface area contributed by atoms with Crippen molar-refractivity contribution in [3.05, 3.63) is 175 Å². The number of nitrogens with zero attached hydrogens (tertiary/aromatic N) is 2. The highest BCUT2D eigenvalue weighted by molar-refractivity contribution is 6.11. The number of benzene rings is 7. The second kappa shape index (κ2) is 9.82. The molecular formula is C44H30N2. The molecule has 1 aromatic heterocycles. The standard InChI is InChI=1S/C44H30N2/c1-2-11-33(12-3-1)45-42-17-9-7-15-38(42)40-27-30(21-25-43(40)45)31-20-23-39-37-14-6-8-16-41(37)46(44(39)28-31)34-22-24-36-32(26-34)19-18-29-10-4-5-13-35(29)36/h1-28,38,42H. The van der Waals surface area contributed by atoms with E-state index in [1.54, 1.807) is 0 Å². The van der Waals surface area contributed by atoms with Gasteiger partial charge in [-0.15, -0.1) is 0 Å². The lowest BCUT2D eigenvalue weighted by Crippen LogP contribution is -2.28. The Morgan fingerprint density at radius 3 is 2.07 bits per heavy atom. The molecule has 0 fully saturated rings. The number of hydrogen-bond acceptors (Lipinski definition) is 1. The van der Waals surface area contributed by atoms with Crippen LogP contribution in [0, 0.1) is 0 Å². The summed E-state index contributed by atoms with van der Waals surface area (Å²) in [7, 11) is 0. The fraction of sp³-hybridized carbons (Fsp3) is 0.0455. The Morgan fingerprint density at radius 1 is 0.435 bits per heavy atom. The first kappa shape index (κ1) is 25.5. The number of para-hydroxylation sites is 2. The minimum Gasteiger partial charge on any atom is -0.333 e. The zero-order chi connectivity index (χ0) is 30.2. The number of allylic oxidation sites excluding steroid dienone is 2. The van der Waals surface area contributed by atoms with E-state index >= 15 is 0 Å². The van der Waals surface area contributed by atoms with E-state index in [-0.39, 0.29) is 6.04 Å². The molecule has 2 unspecified atom stereocenters. The van der Waals surface area contributed by atoms with E-state index in [2.05, 4.69) is 179 Å². The van der Waals surface area contributed by atoms with Gasteiger partial charge < -0.3 is 9.47 Å². The average Bonchev–Trinajstić information content (AvgIpc) is 3.64. The summed E-state index contributed by atoms with van der Waals surface area (Å²) < 4.78 is 2.44. The van der Waals surface area contributed by atoms with Crippen molar-refractivity contribution >= 4 is 54.7 Å². The summed E-state index contributed by atoms with van der Waals surface area (Å²) in [6.07, 6.45) is 9.09. The Balaban J connectivity index is 1.15. The second-order valence-electron chi connectivity index (χ2n) is 12.5. The average molecular weight is 587 g/mol. The van der Waals surface area contributed by atoms with Gasteiger partial charge in [-0.2, -0.15) is 0 Å². The zero-order valence-corrected chi connectivity index (χ0v) is 25.2. The predicted molar refractivity (Wildman–Crippen MR) is 195 cm³/mol. The topological polar surface area (TPSA) is 8.17 Å². The summed E-state index contributed by atoms with van der Waals surface area (Å²) in [5.41, 5.74) is 10.0. The number of hydrogen-bond donors (Lipinski definition) is 0. The lowest BCUT2D eigenvalue weighted by Gasteiger charge is -2.28. The van der Waals surface area contributed by atoms with Crippen LogP contribution in [0.15, 0.2) is 170 Å². The van der Waals surface area contributed by atoms with Crippen molar-refractivity contribution < 1.29 is 0 Å². The monoisotopic (exact) mass is 586 g/mol. The molecule has 2 heterocycles. The Kier molecular flexibility index (Phi) is 5.44. The van der Waals surface area contributed by atoms with Crippen LogP contribution < -0.4 is 4.90 Å². The third kappa shape index (κ3) is 3.71. The van der Waals surface area contributed by atoms with Crippen LogP contribution in [0.2, 0.25) is 0 Å². The normalized spacial score (nSPS) is 16.9. The Hall–Kier alpha value is -5.86. The van der Waals surface area contributed by atoms with Gasteiger partial charge in [0.05, 0.1) is 17.1 Å². The van der Waals surface area contributed by atoms with Crippen molar-refractivity contribution in [2.45, 2.75) is 12.0 Å². The maximum Gasteiger partial charge on any atom is 0.0629 e. The van der Waals surface area contributed by atoms with Gasteiger partial charge in [0, 0.05) is 33.8 Å². The molecule has 0 radical (unpaired) electrons. The number of rotatable bonds is 3. The first-order chi connectivity index (χ1) is 22.8. The molecule has 10 rings (SSSR count). The molecule has 46 heavy (non-hydrogen) atoms. The van der Waals surface area contributed by atoms with Crippen LogP contribution in [0.3, 0.4) is 0 Å². The van der Waals surface area contributed by atoms with Crippen molar-refractivity contribution in [1.29, 1.82) is 0 Å². The molecular weight excluding hydrogens is 556 g/mol. The fourth-order valence-electron chi connectivity index (χ4n) is 7.98. The molecule has 8 aromatic rings. The summed E-state index contributed by atoms with van der Waals surface area (Å²) in [6.45, 7) is 0. The largest absolute Gasteiger partial charge is 0.333 e. The molecule has 2 nitrogen and oxygen atoms in total. The maximum atomic E-state index is 2.49. The van der Waals surface area contributed by atoms with E-state index in [0.717, 1.165) is 0 Å². The van der Waals surface area contributed by atoms with Crippen molar-refractivity contribution in [3.8, 4) is 16.8 Å². The highest BCUT2D eigenvalue weighted by atomic mass is 15.2. The first-order valence-electron chi connectivity index (χ1n) is 16.1. The first-order valence-corrected chi connectivity index (χ1v) is 16.1. The molecule has 0 amide bonds. The number of aromatic nitrogens is 1. The Bertz CT molecular complexity index is 2550. The van der Waals surface area contributed by atoms with E-state index in [4.69, 9.17) is 0 Å². The fourth-order valence-corrected chi connectivity index (χ4v) is 7.98. The van der Waals surface area contributed by atoms with Crippen LogP contribution >= 0.6 is 0 Å². The minimum atomic E-state index is 0.285. The smallest absolute Gasteiger partial charge is 0.0629 e. The molecule has 1 aliphatic heterocycles. The van der Waals surface area contributed by atoms with Crippen molar-refractivity contribution in [2.24, 2.45) is 0 Å². The lowest BCUT2D eigenvalue weighted by atomic mass is 9.89. The SMILES string of the molecule is C1=CC2c3cc(-c4ccc5c6ccccc6n(-c6ccc7c(ccc8ccccc87)c6)c5c4)ccc3N(c3ccccc3)C2C=C1. The van der Waals surface area contributed by atoms with Crippen LogP contribution in [-0.2, 0) is 0 Å². The molecule has 2 atom stereocenters. The summed E-state index contributed by atoms with van der Waals surface area (Å²) in [6, 6.07) is 54.0. The highest BCUT2D eigenvalue weighted by Gasteiger charge is 2.37. The predicted octanol–water partition coefficient (Wildman–Crippen LogP) is 11.5. The third-order valence-electron chi connectivity index (χ3n) is 10.1. The third-order valence-corrected chi connectivity index (χ3v) is 10.1. The van der Waals surface area contributed by atoms with Gasteiger partial charge in [-0.25, -0.2) is 0 Å². The summed E-state index contributed by atoms with van der Waals surface area (Å²) in [4.78, 5) is 2.49. The molecule has 0 saturated carbocycles. The highest BCUT2D eigenvalue weighted by Crippen LogP contribution is 2.49. The van der Waals surface area contributed by atoms with Gasteiger partial charge in [0.2, 0.25) is 0 Å². The van der Waals surface area contributed by atoms with Crippen LogP contribution in [-0.4, -0.2) is 10.6 Å². The van der Waals surface area contributed by atoms with E-state index in [1.807, 2.05) is 0 Å². The van der Waals surface area contributed by atoms with Crippen LogP contribution in [0.1, 0.15) is 11.5 Å². The zero-order valence-electron chi connectivity index (χ0n) is 25.2. The van der Waals surface area contributed by atoms with Gasteiger partial charge in [-0.1, -0.05) is 121 Å². The minimum absolute atomic E-state index is 0.285. The van der Waals surface area contributed by atoms with Crippen molar-refractivity contribution in [1.82, 2.24) is 4.57 Å². The molecule has 216 valence electrons. The summed E-state index contributed by atoms with van der Waals surface area (Å²) >= 11 is 0. The molecule has 2 aliphatic rings. The quantitative estimate of drug-likeness (QED) is 0.187. The molecule has 0 bridgehead atoms. The number of fused-ring (bicyclic) bond motifs is 9. The lowest BCUT2D eigenvalue weighted by molar-refractivity contribution is 0.745. The molecule has 0 N–H and O–H groups in total. The maximum absolute atomic E-state index is 2.49. The van der Waals surface area contributed by atoms with E-state index in [0.29, 0.717) is 5.92 Å². The van der Waals surface area contributed by atoms with Gasteiger partial charge in [0.15, 0.2) is 0 Å². The van der Waals surface area contributed by atoms with E-state index in [9.17, 15) is 0 Å². The molecule has 7 aromatic carbocycles. The summed E-state index contributed by atoms with van der Waals surface area (Å²) in [5.74, 6) is 0.323. The second-order valence-corrected chi connectivity index (χ2v) is 12.5. The molecule has 0 saturated heterocycles. The van der Waals surface area contributed by atoms with Gasteiger partial charge in [0.1, 0.15) is 0 Å². The molecule has 2 heteroatoms. The van der Waals surface area contributed by atoms with Gasteiger partial charge in [0.25, 0.3) is 0 Å². The van der Waals surface area contributed by atoms with Crippen LogP contribution in [0.25, 0.3) is 60.2 Å². The number of anilines is 2. The van der Waals surface area contributed by atoms with Gasteiger partial charge in [-0.05, 0) is 86.8 Å². The van der Waals surface area contributed by atoms with Crippen molar-refractivity contribution in [2.75, 3.05) is 4.90 Å². The van der Waals surface area contributed by atoms with Gasteiger partial charge >= 0.3 is 0 Å². The van der Waals surface area contributed by atoms with Crippen LogP contribution in [0.4, 0.5) is 11.4 Å². The van der Waals surface area contributed by atoms with E-state index < -0.39 is 0 Å². The Labute approximate surface area is 267 Å². The van der Waals surface area contributed by atoms with Gasteiger partial charge in [-0.3, -0.25) is 0 Å². The van der Waals surface area contributed by atoms with E-state index in [1.165, 1.54) is 77.1 Å². The Morgan fingerprint density at radius 2 is 1.13 bits per heavy atom. The molecule has 0 spiro atoms. The molecule has 1 aliphatic carbocycles. The summed E-state index contributed by atoms with van der Waals surface area (Å²) in [5, 5.41) is 7.66. The van der Waals surface area contributed by atoms with Crippen LogP contribution in [0.5, 0.6) is 0 Å².